The maximum atomic E-state index is 13.5. The van der Waals surface area contributed by atoms with Crippen molar-refractivity contribution in [1.29, 1.82) is 0 Å². The van der Waals surface area contributed by atoms with Gasteiger partial charge in [-0.05, 0) is 30.2 Å². The van der Waals surface area contributed by atoms with Crippen molar-refractivity contribution in [3.8, 4) is 5.88 Å². The number of guanidine groups is 1. The Morgan fingerprint density at radius 3 is 2.65 bits per heavy atom. The molecule has 2 rings (SSSR count). The summed E-state index contributed by atoms with van der Waals surface area (Å²) in [6.07, 6.45) is 1.75. The van der Waals surface area contributed by atoms with Crippen molar-refractivity contribution in [1.82, 2.24) is 15.6 Å². The van der Waals surface area contributed by atoms with Gasteiger partial charge in [0.05, 0.1) is 13.7 Å². The SMILES string of the molecule is CCNC(=NCc1ccc(OC)nc1)NCC(C)(C)c1cccc(F)c1. The van der Waals surface area contributed by atoms with Crippen molar-refractivity contribution in [2.75, 3.05) is 20.2 Å². The minimum atomic E-state index is -0.236. The lowest BCUT2D eigenvalue weighted by molar-refractivity contribution is 0.397. The van der Waals surface area contributed by atoms with Crippen molar-refractivity contribution in [3.63, 3.8) is 0 Å². The van der Waals surface area contributed by atoms with Gasteiger partial charge in [-0.1, -0.05) is 32.0 Å². The van der Waals surface area contributed by atoms with Gasteiger partial charge >= 0.3 is 0 Å². The van der Waals surface area contributed by atoms with Crippen LogP contribution in [0.25, 0.3) is 0 Å². The van der Waals surface area contributed by atoms with Gasteiger partial charge in [0.15, 0.2) is 5.96 Å². The van der Waals surface area contributed by atoms with Gasteiger partial charge in [-0.15, -0.1) is 0 Å². The first-order valence-corrected chi connectivity index (χ1v) is 8.72. The second kappa shape index (κ2) is 9.17. The van der Waals surface area contributed by atoms with Crippen LogP contribution in [-0.4, -0.2) is 31.1 Å². The number of methoxy groups -OCH3 is 1. The Morgan fingerprint density at radius 1 is 1.23 bits per heavy atom. The van der Waals surface area contributed by atoms with E-state index in [4.69, 9.17) is 4.74 Å². The topological polar surface area (TPSA) is 58.5 Å². The van der Waals surface area contributed by atoms with E-state index in [0.717, 1.165) is 17.7 Å². The van der Waals surface area contributed by atoms with E-state index in [9.17, 15) is 4.39 Å². The first kappa shape index (κ1) is 19.7. The van der Waals surface area contributed by atoms with Gasteiger partial charge in [0, 0.05) is 30.8 Å². The molecule has 2 N–H and O–H groups in total. The van der Waals surface area contributed by atoms with Crippen molar-refractivity contribution >= 4 is 5.96 Å². The molecule has 5 nitrogen and oxygen atoms in total. The number of pyridine rings is 1. The van der Waals surface area contributed by atoms with E-state index < -0.39 is 0 Å². The summed E-state index contributed by atoms with van der Waals surface area (Å²) in [6.45, 7) is 8.06. The van der Waals surface area contributed by atoms with Gasteiger partial charge in [-0.25, -0.2) is 14.4 Å². The van der Waals surface area contributed by atoms with Crippen molar-refractivity contribution in [3.05, 3.63) is 59.5 Å². The maximum absolute atomic E-state index is 13.5. The third-order valence-electron chi connectivity index (χ3n) is 4.07. The zero-order valence-electron chi connectivity index (χ0n) is 15.8. The summed E-state index contributed by atoms with van der Waals surface area (Å²) >= 11 is 0. The normalized spacial score (nSPS) is 12.0. The maximum Gasteiger partial charge on any atom is 0.212 e. The van der Waals surface area contributed by atoms with Gasteiger partial charge < -0.3 is 15.4 Å². The molecule has 0 aliphatic carbocycles. The number of nitrogens with zero attached hydrogens (tertiary/aromatic N) is 2. The molecular formula is C20H27FN4O. The Morgan fingerprint density at radius 2 is 2.04 bits per heavy atom. The predicted octanol–water partition coefficient (Wildman–Crippen LogP) is 3.26. The summed E-state index contributed by atoms with van der Waals surface area (Å²) in [6, 6.07) is 10.5. The molecule has 1 aromatic carbocycles. The van der Waals surface area contributed by atoms with Gasteiger partial charge in [-0.3, -0.25) is 0 Å². The average molecular weight is 358 g/mol. The molecular weight excluding hydrogens is 331 g/mol. The number of nitrogens with one attached hydrogen (secondary N) is 2. The van der Waals surface area contributed by atoms with E-state index in [1.54, 1.807) is 25.4 Å². The number of ether oxygens (including phenoxy) is 1. The molecule has 0 bridgehead atoms. The predicted molar refractivity (Wildman–Crippen MR) is 103 cm³/mol. The Bertz CT molecular complexity index is 729. The fraction of sp³-hybridized carbons (Fsp3) is 0.400. The molecule has 0 unspecified atom stereocenters. The van der Waals surface area contributed by atoms with E-state index in [2.05, 4.69) is 34.5 Å². The average Bonchev–Trinajstić information content (AvgIpc) is 2.64. The van der Waals surface area contributed by atoms with E-state index >= 15 is 0 Å². The summed E-state index contributed by atoms with van der Waals surface area (Å²) < 4.78 is 18.6. The van der Waals surface area contributed by atoms with Crippen LogP contribution in [0.15, 0.2) is 47.6 Å². The van der Waals surface area contributed by atoms with Crippen LogP contribution < -0.4 is 15.4 Å². The van der Waals surface area contributed by atoms with E-state index in [1.807, 2.05) is 25.1 Å². The molecule has 1 heterocycles. The van der Waals surface area contributed by atoms with E-state index in [-0.39, 0.29) is 11.2 Å². The molecule has 140 valence electrons. The summed E-state index contributed by atoms with van der Waals surface area (Å²) in [5, 5.41) is 6.57. The highest BCUT2D eigenvalue weighted by atomic mass is 19.1. The number of hydrogen-bond donors (Lipinski definition) is 2. The van der Waals surface area contributed by atoms with E-state index in [0.29, 0.717) is 24.9 Å². The van der Waals surface area contributed by atoms with Crippen molar-refractivity contribution in [2.24, 2.45) is 4.99 Å². The number of halogens is 1. The zero-order chi connectivity index (χ0) is 19.0. The molecule has 0 amide bonds. The Labute approximate surface area is 154 Å². The fourth-order valence-corrected chi connectivity index (χ4v) is 2.45. The quantitative estimate of drug-likeness (QED) is 0.589. The molecule has 0 atom stereocenters. The monoisotopic (exact) mass is 358 g/mol. The van der Waals surface area contributed by atoms with Crippen LogP contribution >= 0.6 is 0 Å². The summed E-state index contributed by atoms with van der Waals surface area (Å²) in [5.41, 5.74) is 1.70. The fourth-order valence-electron chi connectivity index (χ4n) is 2.45. The standard InChI is InChI=1S/C20H27FN4O/c1-5-22-19(24-13-15-9-10-18(26-4)23-12-15)25-14-20(2,3)16-7-6-8-17(21)11-16/h6-12H,5,13-14H2,1-4H3,(H2,22,24,25). The number of aliphatic imine (C=N–C) groups is 1. The smallest absolute Gasteiger partial charge is 0.212 e. The second-order valence-electron chi connectivity index (χ2n) is 6.65. The molecule has 0 fully saturated rings. The van der Waals surface area contributed by atoms with Crippen molar-refractivity contribution in [2.45, 2.75) is 32.7 Å². The van der Waals surface area contributed by atoms with Crippen molar-refractivity contribution < 1.29 is 9.13 Å². The number of benzene rings is 1. The third-order valence-corrected chi connectivity index (χ3v) is 4.07. The largest absolute Gasteiger partial charge is 0.481 e. The number of hydrogen-bond acceptors (Lipinski definition) is 3. The molecule has 0 aliphatic heterocycles. The number of aromatic nitrogens is 1. The molecule has 2 aromatic rings. The third kappa shape index (κ3) is 5.72. The van der Waals surface area contributed by atoms with Gasteiger partial charge in [0.2, 0.25) is 5.88 Å². The second-order valence-corrected chi connectivity index (χ2v) is 6.65. The Balaban J connectivity index is 2.02. The lowest BCUT2D eigenvalue weighted by Gasteiger charge is -2.27. The highest BCUT2D eigenvalue weighted by Crippen LogP contribution is 2.22. The minimum absolute atomic E-state index is 0.219. The van der Waals surface area contributed by atoms with Gasteiger partial charge in [0.1, 0.15) is 5.82 Å². The first-order valence-electron chi connectivity index (χ1n) is 8.72. The molecule has 1 aromatic heterocycles. The molecule has 0 spiro atoms. The van der Waals surface area contributed by atoms with Crippen LogP contribution in [0.5, 0.6) is 5.88 Å². The van der Waals surface area contributed by atoms with Gasteiger partial charge in [0.25, 0.3) is 0 Å². The number of rotatable bonds is 7. The minimum Gasteiger partial charge on any atom is -0.481 e. The van der Waals surface area contributed by atoms with Gasteiger partial charge in [-0.2, -0.15) is 0 Å². The molecule has 26 heavy (non-hydrogen) atoms. The summed E-state index contributed by atoms with van der Waals surface area (Å²) in [4.78, 5) is 8.78. The zero-order valence-corrected chi connectivity index (χ0v) is 15.8. The van der Waals surface area contributed by atoms with Crippen LogP contribution in [0.1, 0.15) is 31.9 Å². The van der Waals surface area contributed by atoms with Crippen LogP contribution in [0.4, 0.5) is 4.39 Å². The highest BCUT2D eigenvalue weighted by molar-refractivity contribution is 5.79. The highest BCUT2D eigenvalue weighted by Gasteiger charge is 2.21. The van der Waals surface area contributed by atoms with Crippen LogP contribution in [0.2, 0.25) is 0 Å². The first-order chi connectivity index (χ1) is 12.4. The van der Waals surface area contributed by atoms with Crippen LogP contribution in [-0.2, 0) is 12.0 Å². The molecule has 0 saturated carbocycles. The summed E-state index contributed by atoms with van der Waals surface area (Å²) in [7, 11) is 1.59. The molecule has 6 heteroatoms. The van der Waals surface area contributed by atoms with E-state index in [1.165, 1.54) is 6.07 Å². The van der Waals surface area contributed by atoms with Crippen LogP contribution in [0.3, 0.4) is 0 Å². The Hall–Kier alpha value is -2.63. The Kier molecular flexibility index (Phi) is 6.95. The lowest BCUT2D eigenvalue weighted by Crippen LogP contribution is -2.43. The molecule has 0 radical (unpaired) electrons. The molecule has 0 aliphatic rings. The molecule has 0 saturated heterocycles. The lowest BCUT2D eigenvalue weighted by atomic mass is 9.84. The van der Waals surface area contributed by atoms with Crippen LogP contribution in [0, 0.1) is 5.82 Å². The summed E-state index contributed by atoms with van der Waals surface area (Å²) in [5.74, 6) is 1.08.